The van der Waals surface area contributed by atoms with E-state index in [0.29, 0.717) is 17.3 Å². The maximum Gasteiger partial charge on any atom is 0.250 e. The van der Waals surface area contributed by atoms with Crippen molar-refractivity contribution in [1.29, 1.82) is 0 Å². The highest BCUT2D eigenvalue weighted by atomic mass is 32.2. The van der Waals surface area contributed by atoms with E-state index in [9.17, 15) is 13.2 Å². The lowest BCUT2D eigenvalue weighted by Gasteiger charge is -2.20. The van der Waals surface area contributed by atoms with Crippen LogP contribution in [0.15, 0.2) is 21.7 Å². The van der Waals surface area contributed by atoms with Crippen molar-refractivity contribution in [3.05, 3.63) is 17.5 Å². The lowest BCUT2D eigenvalue weighted by Crippen LogP contribution is -2.37. The highest BCUT2D eigenvalue weighted by Crippen LogP contribution is 2.14. The van der Waals surface area contributed by atoms with Gasteiger partial charge < -0.3 is 4.90 Å². The summed E-state index contributed by atoms with van der Waals surface area (Å²) in [6.07, 6.45) is 0.858. The highest BCUT2D eigenvalue weighted by molar-refractivity contribution is 7.91. The minimum atomic E-state index is -3.42. The van der Waals surface area contributed by atoms with Crippen LogP contribution < -0.4 is 4.72 Å². The van der Waals surface area contributed by atoms with Gasteiger partial charge in [0.25, 0.3) is 0 Å². The van der Waals surface area contributed by atoms with Crippen molar-refractivity contribution >= 4 is 27.3 Å². The zero-order chi connectivity index (χ0) is 13.6. The quantitative estimate of drug-likeness (QED) is 0.822. The van der Waals surface area contributed by atoms with Gasteiger partial charge in [0, 0.05) is 26.6 Å². The Labute approximate surface area is 112 Å². The third-order valence-electron chi connectivity index (χ3n) is 2.37. The molecule has 0 atom stereocenters. The summed E-state index contributed by atoms with van der Waals surface area (Å²) in [6.45, 7) is 4.75. The molecule has 0 fully saturated rings. The number of hydrogen-bond acceptors (Lipinski definition) is 4. The molecule has 0 aliphatic carbocycles. The molecule has 0 saturated carbocycles. The predicted octanol–water partition coefficient (Wildman–Crippen LogP) is 1.28. The number of rotatable bonds is 7. The van der Waals surface area contributed by atoms with Crippen LogP contribution in [0, 0.1) is 0 Å². The zero-order valence-electron chi connectivity index (χ0n) is 10.5. The molecule has 0 aliphatic rings. The molecule has 18 heavy (non-hydrogen) atoms. The van der Waals surface area contributed by atoms with Crippen molar-refractivity contribution in [2.75, 3.05) is 19.6 Å². The van der Waals surface area contributed by atoms with E-state index < -0.39 is 10.0 Å². The molecular formula is C11H18N2O3S2. The van der Waals surface area contributed by atoms with E-state index in [1.165, 1.54) is 18.3 Å². The Balaban J connectivity index is 2.48. The highest BCUT2D eigenvalue weighted by Gasteiger charge is 2.15. The van der Waals surface area contributed by atoms with Crippen molar-refractivity contribution in [3.8, 4) is 0 Å². The average Bonchev–Trinajstić information content (AvgIpc) is 2.81. The van der Waals surface area contributed by atoms with Crippen LogP contribution in [0.2, 0.25) is 0 Å². The van der Waals surface area contributed by atoms with Gasteiger partial charge in [0.1, 0.15) is 4.21 Å². The van der Waals surface area contributed by atoms with E-state index in [1.807, 2.05) is 6.92 Å². The fourth-order valence-electron chi connectivity index (χ4n) is 1.50. The number of hydrogen-bond donors (Lipinski definition) is 1. The van der Waals surface area contributed by atoms with Gasteiger partial charge in [-0.25, -0.2) is 13.1 Å². The van der Waals surface area contributed by atoms with Crippen molar-refractivity contribution in [2.24, 2.45) is 0 Å². The van der Waals surface area contributed by atoms with Crippen molar-refractivity contribution in [2.45, 2.75) is 24.5 Å². The first kappa shape index (κ1) is 15.1. The Kier molecular flexibility index (Phi) is 5.77. The molecule has 7 heteroatoms. The third kappa shape index (κ3) is 4.40. The summed E-state index contributed by atoms with van der Waals surface area (Å²) in [7, 11) is -3.42. The van der Waals surface area contributed by atoms with Crippen LogP contribution in [-0.4, -0.2) is 38.9 Å². The number of carbonyl (C=O) groups excluding carboxylic acids is 1. The van der Waals surface area contributed by atoms with Crippen LogP contribution in [0.5, 0.6) is 0 Å². The molecule has 1 rings (SSSR count). The minimum absolute atomic E-state index is 0.0350. The Morgan fingerprint density at radius 3 is 2.67 bits per heavy atom. The second-order valence-corrected chi connectivity index (χ2v) is 6.78. The summed E-state index contributed by atoms with van der Waals surface area (Å²) in [5, 5.41) is 1.72. The number of amides is 1. The molecule has 0 bridgehead atoms. The minimum Gasteiger partial charge on any atom is -0.342 e. The molecule has 5 nitrogen and oxygen atoms in total. The molecule has 1 heterocycles. The molecule has 0 radical (unpaired) electrons. The maximum absolute atomic E-state index is 11.8. The van der Waals surface area contributed by atoms with Crippen molar-refractivity contribution in [1.82, 2.24) is 9.62 Å². The van der Waals surface area contributed by atoms with Crippen LogP contribution in [0.1, 0.15) is 20.3 Å². The molecule has 0 spiro atoms. The van der Waals surface area contributed by atoms with Gasteiger partial charge >= 0.3 is 0 Å². The standard InChI is InChI=1S/C11H18N2O3S2/c1-3-7-13(10(2)14)8-6-12-18(15,16)11-5-4-9-17-11/h4-5,9,12H,3,6-8H2,1-2H3. The first-order chi connectivity index (χ1) is 8.47. The molecule has 0 aromatic carbocycles. The number of thiophene rings is 1. The van der Waals surface area contributed by atoms with Gasteiger partial charge in [-0.3, -0.25) is 4.79 Å². The summed E-state index contributed by atoms with van der Waals surface area (Å²) >= 11 is 1.17. The number of nitrogens with zero attached hydrogens (tertiary/aromatic N) is 1. The summed E-state index contributed by atoms with van der Waals surface area (Å²) in [6, 6.07) is 3.25. The van der Waals surface area contributed by atoms with Gasteiger partial charge in [0.2, 0.25) is 15.9 Å². The van der Waals surface area contributed by atoms with Crippen LogP contribution >= 0.6 is 11.3 Å². The fraction of sp³-hybridized carbons (Fsp3) is 0.545. The van der Waals surface area contributed by atoms with Gasteiger partial charge in [-0.1, -0.05) is 13.0 Å². The van der Waals surface area contributed by atoms with Crippen LogP contribution in [-0.2, 0) is 14.8 Å². The molecule has 0 saturated heterocycles. The van der Waals surface area contributed by atoms with Gasteiger partial charge in [-0.15, -0.1) is 11.3 Å². The smallest absolute Gasteiger partial charge is 0.250 e. The van der Waals surface area contributed by atoms with E-state index in [1.54, 1.807) is 22.4 Å². The molecule has 1 aromatic rings. The predicted molar refractivity (Wildman–Crippen MR) is 72.1 cm³/mol. The lowest BCUT2D eigenvalue weighted by molar-refractivity contribution is -0.128. The Morgan fingerprint density at radius 2 is 2.17 bits per heavy atom. The van der Waals surface area contributed by atoms with E-state index in [4.69, 9.17) is 0 Å². The SMILES string of the molecule is CCCN(CCNS(=O)(=O)c1cccs1)C(C)=O. The number of carbonyl (C=O) groups is 1. The molecular weight excluding hydrogens is 272 g/mol. The van der Waals surface area contributed by atoms with E-state index in [0.717, 1.165) is 6.42 Å². The van der Waals surface area contributed by atoms with Gasteiger partial charge in [0.05, 0.1) is 0 Å². The number of nitrogens with one attached hydrogen (secondary N) is 1. The molecule has 1 aromatic heterocycles. The maximum atomic E-state index is 11.8. The van der Waals surface area contributed by atoms with E-state index >= 15 is 0 Å². The second kappa shape index (κ2) is 6.86. The van der Waals surface area contributed by atoms with E-state index in [2.05, 4.69) is 4.72 Å². The summed E-state index contributed by atoms with van der Waals surface area (Å²) in [4.78, 5) is 12.9. The first-order valence-electron chi connectivity index (χ1n) is 5.76. The fourth-order valence-corrected chi connectivity index (χ4v) is 3.56. The normalized spacial score (nSPS) is 11.4. The average molecular weight is 290 g/mol. The Hall–Kier alpha value is -0.920. The van der Waals surface area contributed by atoms with Gasteiger partial charge in [-0.05, 0) is 17.9 Å². The molecule has 0 aliphatic heterocycles. The van der Waals surface area contributed by atoms with Crippen molar-refractivity contribution in [3.63, 3.8) is 0 Å². The molecule has 1 amide bonds. The van der Waals surface area contributed by atoms with Gasteiger partial charge in [-0.2, -0.15) is 0 Å². The summed E-state index contributed by atoms with van der Waals surface area (Å²) < 4.78 is 26.4. The first-order valence-corrected chi connectivity index (χ1v) is 8.12. The monoisotopic (exact) mass is 290 g/mol. The van der Waals surface area contributed by atoms with Crippen LogP contribution in [0.3, 0.4) is 0 Å². The van der Waals surface area contributed by atoms with Crippen LogP contribution in [0.4, 0.5) is 0 Å². The van der Waals surface area contributed by atoms with Crippen LogP contribution in [0.25, 0.3) is 0 Å². The summed E-state index contributed by atoms with van der Waals surface area (Å²) in [5.41, 5.74) is 0. The summed E-state index contributed by atoms with van der Waals surface area (Å²) in [5.74, 6) is -0.0350. The van der Waals surface area contributed by atoms with Gasteiger partial charge in [0.15, 0.2) is 0 Å². The molecule has 102 valence electrons. The zero-order valence-corrected chi connectivity index (χ0v) is 12.2. The Bertz CT molecular complexity index is 468. The largest absolute Gasteiger partial charge is 0.342 e. The number of sulfonamides is 1. The molecule has 0 unspecified atom stereocenters. The lowest BCUT2D eigenvalue weighted by atomic mass is 10.4. The Morgan fingerprint density at radius 1 is 1.44 bits per heavy atom. The topological polar surface area (TPSA) is 66.5 Å². The third-order valence-corrected chi connectivity index (χ3v) is 5.23. The van der Waals surface area contributed by atoms with E-state index in [-0.39, 0.29) is 12.5 Å². The van der Waals surface area contributed by atoms with Crippen molar-refractivity contribution < 1.29 is 13.2 Å². The molecule has 1 N–H and O–H groups in total. The second-order valence-electron chi connectivity index (χ2n) is 3.84.